The number of nitrogens with zero attached hydrogens (tertiary/aromatic N) is 2. The van der Waals surface area contributed by atoms with Gasteiger partial charge in [-0.1, -0.05) is 12.6 Å². The molecule has 0 aliphatic carbocycles. The second-order valence-electron chi connectivity index (χ2n) is 7.57. The molecule has 2 aliphatic rings. The van der Waals surface area contributed by atoms with E-state index in [0.717, 1.165) is 12.1 Å². The number of benzene rings is 2. The predicted octanol–water partition coefficient (Wildman–Crippen LogP) is 4.08. The molecule has 0 radical (unpaired) electrons. The van der Waals surface area contributed by atoms with E-state index in [0.29, 0.717) is 43.1 Å². The number of carbonyl (C=O) groups excluding carboxylic acids is 1. The van der Waals surface area contributed by atoms with E-state index in [4.69, 9.17) is 4.74 Å². The quantitative estimate of drug-likeness (QED) is 0.530. The van der Waals surface area contributed by atoms with Crippen LogP contribution < -0.4 is 15.6 Å². The maximum Gasteiger partial charge on any atom is 0.417 e. The normalized spacial score (nSPS) is 15.7. The second-order valence-corrected chi connectivity index (χ2v) is 7.57. The lowest BCUT2D eigenvalue weighted by Gasteiger charge is -2.38. The molecule has 0 unspecified atom stereocenters. The van der Waals surface area contributed by atoms with E-state index in [1.807, 2.05) is 4.90 Å². The van der Waals surface area contributed by atoms with Crippen LogP contribution in [-0.2, 0) is 11.0 Å². The van der Waals surface area contributed by atoms with Gasteiger partial charge < -0.3 is 25.4 Å². The van der Waals surface area contributed by atoms with E-state index < -0.39 is 17.6 Å². The van der Waals surface area contributed by atoms with Gasteiger partial charge in [0.15, 0.2) is 0 Å². The Hall–Kier alpha value is -3.69. The van der Waals surface area contributed by atoms with Crippen molar-refractivity contribution >= 4 is 17.3 Å². The number of nitrogens with one attached hydrogen (secondary N) is 2. The van der Waals surface area contributed by atoms with E-state index in [-0.39, 0.29) is 22.8 Å². The molecule has 0 bridgehead atoms. The summed E-state index contributed by atoms with van der Waals surface area (Å²) >= 11 is 0. The third-order valence-electron chi connectivity index (χ3n) is 5.73. The standard InChI is InChI=1S/C23H22F4N4O2/c1-3-21(32)31-9-7-30(8-10-31)19-13-28-29-18-12-14(16(11-15(18)19)23(25,26)27)22-17(24)5-4-6-20(22)33-2/h3-6,11-13,28-29H,1,7-10H2,2H3. The first kappa shape index (κ1) is 22.5. The third-order valence-corrected chi connectivity index (χ3v) is 5.73. The number of hydrogen-bond acceptors (Lipinski definition) is 5. The molecule has 1 amide bonds. The first-order valence-corrected chi connectivity index (χ1v) is 10.2. The summed E-state index contributed by atoms with van der Waals surface area (Å²) in [5, 5.41) is 0. The minimum Gasteiger partial charge on any atom is -0.496 e. The van der Waals surface area contributed by atoms with Gasteiger partial charge in [-0.2, -0.15) is 13.2 Å². The number of anilines is 1. The number of halogens is 4. The molecule has 0 saturated carbocycles. The predicted molar refractivity (Wildman–Crippen MR) is 116 cm³/mol. The highest BCUT2D eigenvalue weighted by molar-refractivity contribution is 5.88. The number of alkyl halides is 3. The molecule has 1 fully saturated rings. The number of ether oxygens (including phenoxy) is 1. The molecule has 6 nitrogen and oxygen atoms in total. The number of hydrazine groups is 1. The minimum atomic E-state index is -4.73. The Labute approximate surface area is 188 Å². The molecular weight excluding hydrogens is 440 g/mol. The van der Waals surface area contributed by atoms with Crippen molar-refractivity contribution in [1.29, 1.82) is 0 Å². The van der Waals surface area contributed by atoms with E-state index in [2.05, 4.69) is 17.4 Å². The summed E-state index contributed by atoms with van der Waals surface area (Å²) < 4.78 is 62.2. The van der Waals surface area contributed by atoms with Crippen LogP contribution in [0.5, 0.6) is 5.75 Å². The van der Waals surface area contributed by atoms with Gasteiger partial charge in [0.05, 0.1) is 29.6 Å². The fourth-order valence-corrected chi connectivity index (χ4v) is 4.11. The van der Waals surface area contributed by atoms with Gasteiger partial charge in [-0.05, 0) is 30.3 Å². The Morgan fingerprint density at radius 3 is 2.52 bits per heavy atom. The van der Waals surface area contributed by atoms with Gasteiger partial charge in [0.25, 0.3) is 0 Å². The average Bonchev–Trinajstić information content (AvgIpc) is 2.81. The second kappa shape index (κ2) is 8.68. The lowest BCUT2D eigenvalue weighted by Crippen LogP contribution is -2.48. The van der Waals surface area contributed by atoms with Crippen LogP contribution in [0.2, 0.25) is 0 Å². The maximum atomic E-state index is 14.7. The Morgan fingerprint density at radius 2 is 1.88 bits per heavy atom. The molecule has 10 heteroatoms. The van der Waals surface area contributed by atoms with Crippen LogP contribution in [-0.4, -0.2) is 49.0 Å². The zero-order valence-corrected chi connectivity index (χ0v) is 17.8. The topological polar surface area (TPSA) is 56.8 Å². The van der Waals surface area contributed by atoms with Crippen LogP contribution in [0, 0.1) is 5.82 Å². The highest BCUT2D eigenvalue weighted by Crippen LogP contribution is 2.45. The summed E-state index contributed by atoms with van der Waals surface area (Å²) in [6, 6.07) is 6.19. The monoisotopic (exact) mass is 462 g/mol. The third kappa shape index (κ3) is 4.20. The highest BCUT2D eigenvalue weighted by Gasteiger charge is 2.37. The zero-order valence-electron chi connectivity index (χ0n) is 17.8. The lowest BCUT2D eigenvalue weighted by atomic mass is 9.93. The van der Waals surface area contributed by atoms with Crippen molar-refractivity contribution in [3.05, 3.63) is 66.1 Å². The van der Waals surface area contributed by atoms with Crippen molar-refractivity contribution < 1.29 is 27.1 Å². The van der Waals surface area contributed by atoms with Gasteiger partial charge >= 0.3 is 6.18 Å². The highest BCUT2D eigenvalue weighted by atomic mass is 19.4. The molecular formula is C23H22F4N4O2. The molecule has 2 N–H and O–H groups in total. The summed E-state index contributed by atoms with van der Waals surface area (Å²) in [5.74, 6) is -0.999. The van der Waals surface area contributed by atoms with Gasteiger partial charge in [0, 0.05) is 43.5 Å². The largest absolute Gasteiger partial charge is 0.496 e. The Bertz CT molecular complexity index is 1120. The first-order chi connectivity index (χ1) is 15.7. The maximum absolute atomic E-state index is 14.7. The molecule has 2 aromatic carbocycles. The fourth-order valence-electron chi connectivity index (χ4n) is 4.11. The SMILES string of the molecule is C=CC(=O)N1CCN(C2=CNNc3cc(-c4c(F)cccc4OC)c(C(F)(F)F)cc32)CC1. The van der Waals surface area contributed by atoms with Gasteiger partial charge in [-0.25, -0.2) is 4.39 Å². The van der Waals surface area contributed by atoms with E-state index in [1.165, 1.54) is 31.4 Å². The molecule has 2 aromatic rings. The number of hydrogen-bond donors (Lipinski definition) is 2. The minimum absolute atomic E-state index is 0.00277. The van der Waals surface area contributed by atoms with Crippen molar-refractivity contribution in [2.45, 2.75) is 6.18 Å². The molecule has 0 atom stereocenters. The molecule has 2 heterocycles. The summed E-state index contributed by atoms with van der Waals surface area (Å²) in [6.07, 6.45) is -1.91. The van der Waals surface area contributed by atoms with E-state index in [9.17, 15) is 22.4 Å². The molecule has 33 heavy (non-hydrogen) atoms. The summed E-state index contributed by atoms with van der Waals surface area (Å²) in [7, 11) is 1.28. The van der Waals surface area contributed by atoms with Crippen LogP contribution in [0.1, 0.15) is 11.1 Å². The van der Waals surface area contributed by atoms with Crippen molar-refractivity contribution in [1.82, 2.24) is 15.2 Å². The number of methoxy groups -OCH3 is 1. The van der Waals surface area contributed by atoms with Crippen LogP contribution >= 0.6 is 0 Å². The molecule has 1 saturated heterocycles. The number of carbonyl (C=O) groups is 1. The number of rotatable bonds is 4. The number of fused-ring (bicyclic) bond motifs is 1. The van der Waals surface area contributed by atoms with Crippen LogP contribution in [0.4, 0.5) is 23.2 Å². The summed E-state index contributed by atoms with van der Waals surface area (Å²) in [4.78, 5) is 15.4. The van der Waals surface area contributed by atoms with Crippen molar-refractivity contribution in [3.8, 4) is 16.9 Å². The van der Waals surface area contributed by atoms with E-state index in [1.54, 1.807) is 11.1 Å². The van der Waals surface area contributed by atoms with Gasteiger partial charge in [0.1, 0.15) is 11.6 Å². The summed E-state index contributed by atoms with van der Waals surface area (Å²) in [6.45, 7) is 5.20. The molecule has 174 valence electrons. The first-order valence-electron chi connectivity index (χ1n) is 10.2. The molecule has 4 rings (SSSR count). The van der Waals surface area contributed by atoms with Gasteiger partial charge in [-0.3, -0.25) is 4.79 Å². The van der Waals surface area contributed by atoms with Crippen LogP contribution in [0.15, 0.2) is 49.2 Å². The van der Waals surface area contributed by atoms with Crippen LogP contribution in [0.3, 0.4) is 0 Å². The van der Waals surface area contributed by atoms with Crippen molar-refractivity contribution in [3.63, 3.8) is 0 Å². The Balaban J connectivity index is 1.78. The van der Waals surface area contributed by atoms with Crippen LogP contribution in [0.25, 0.3) is 16.8 Å². The number of amides is 1. The van der Waals surface area contributed by atoms with Crippen molar-refractivity contribution in [2.75, 3.05) is 38.7 Å². The Kier molecular flexibility index (Phi) is 5.92. The fraction of sp³-hybridized carbons (Fsp3) is 0.261. The molecule has 0 aromatic heterocycles. The smallest absolute Gasteiger partial charge is 0.417 e. The van der Waals surface area contributed by atoms with E-state index >= 15 is 0 Å². The van der Waals surface area contributed by atoms with Gasteiger partial charge in [-0.15, -0.1) is 0 Å². The average molecular weight is 462 g/mol. The molecule has 2 aliphatic heterocycles. The number of piperazine rings is 1. The Morgan fingerprint density at radius 1 is 1.15 bits per heavy atom. The zero-order chi connectivity index (χ0) is 23.8. The van der Waals surface area contributed by atoms with Gasteiger partial charge in [0.2, 0.25) is 5.91 Å². The summed E-state index contributed by atoms with van der Waals surface area (Å²) in [5.41, 5.74) is 5.39. The molecule has 0 spiro atoms. The lowest BCUT2D eigenvalue weighted by molar-refractivity contribution is -0.137. The van der Waals surface area contributed by atoms with Crippen molar-refractivity contribution in [2.24, 2.45) is 0 Å².